The molecule has 0 aromatic heterocycles. The van der Waals surface area contributed by atoms with Crippen LogP contribution in [0.3, 0.4) is 0 Å². The van der Waals surface area contributed by atoms with Gasteiger partial charge in [-0.05, 0) is 29.2 Å². The Morgan fingerprint density at radius 2 is 1.61 bits per heavy atom. The van der Waals surface area contributed by atoms with Crippen molar-refractivity contribution >= 4 is 17.3 Å². The molecule has 0 bridgehead atoms. The quantitative estimate of drug-likeness (QED) is 0.683. The third-order valence-corrected chi connectivity index (χ3v) is 3.57. The van der Waals surface area contributed by atoms with Crippen molar-refractivity contribution in [3.05, 3.63) is 41.6 Å². The normalized spacial score (nSPS) is 15.0. The van der Waals surface area contributed by atoms with Gasteiger partial charge in [0.25, 0.3) is 0 Å². The highest BCUT2D eigenvalue weighted by Crippen LogP contribution is 2.36. The fraction of sp³-hybridized carbons (Fsp3) is 0.333. The highest BCUT2D eigenvalue weighted by Gasteiger charge is 2.28. The summed E-state index contributed by atoms with van der Waals surface area (Å²) >= 11 is 0. The lowest BCUT2D eigenvalue weighted by molar-refractivity contribution is -0.131. The van der Waals surface area contributed by atoms with Crippen molar-refractivity contribution in [1.82, 2.24) is 0 Å². The summed E-state index contributed by atoms with van der Waals surface area (Å²) < 4.78 is 10.5. The summed E-state index contributed by atoms with van der Waals surface area (Å²) in [6, 6.07) is 5.35. The van der Waals surface area contributed by atoms with Crippen molar-refractivity contribution in [3.63, 3.8) is 0 Å². The molecule has 0 atom stereocenters. The number of allylic oxidation sites excluding steroid dienone is 3. The Morgan fingerprint density at radius 1 is 0.957 bits per heavy atom. The molecular weight excluding hydrogens is 294 g/mol. The smallest absolute Gasteiger partial charge is 0.227 e. The van der Waals surface area contributed by atoms with Crippen LogP contribution < -0.4 is 14.8 Å². The van der Waals surface area contributed by atoms with E-state index in [0.29, 0.717) is 22.9 Å². The molecule has 0 fully saturated rings. The molecule has 0 saturated heterocycles. The van der Waals surface area contributed by atoms with Crippen LogP contribution in [0.25, 0.3) is 0 Å². The molecule has 5 nitrogen and oxygen atoms in total. The first kappa shape index (κ1) is 16.8. The molecule has 0 heterocycles. The van der Waals surface area contributed by atoms with Crippen LogP contribution in [0.5, 0.6) is 11.5 Å². The number of ketones is 2. The summed E-state index contributed by atoms with van der Waals surface area (Å²) in [6.07, 6.45) is 2.74. The Balaban J connectivity index is 2.41. The molecular formula is C18H21NO4. The van der Waals surface area contributed by atoms with Crippen LogP contribution in [0.15, 0.2) is 41.6 Å². The highest BCUT2D eigenvalue weighted by atomic mass is 16.5. The van der Waals surface area contributed by atoms with E-state index < -0.39 is 11.6 Å². The largest absolute Gasteiger partial charge is 0.497 e. The molecule has 1 aliphatic rings. The predicted octanol–water partition coefficient (Wildman–Crippen LogP) is 3.12. The van der Waals surface area contributed by atoms with Crippen LogP contribution in [-0.4, -0.2) is 25.8 Å². The molecule has 1 aromatic rings. The molecule has 1 aromatic carbocycles. The number of methoxy groups -OCH3 is 2. The van der Waals surface area contributed by atoms with E-state index in [9.17, 15) is 9.59 Å². The van der Waals surface area contributed by atoms with E-state index in [4.69, 9.17) is 9.47 Å². The highest BCUT2D eigenvalue weighted by molar-refractivity contribution is 6.47. The SMILES string of the molecule is COc1ccc(NC2=CC(=O)C(=O)C=C2C(C)(C)C)c(OC)c1. The van der Waals surface area contributed by atoms with Gasteiger partial charge < -0.3 is 14.8 Å². The number of hydrogen-bond donors (Lipinski definition) is 1. The molecule has 2 rings (SSSR count). The monoisotopic (exact) mass is 315 g/mol. The maximum absolute atomic E-state index is 11.8. The number of ether oxygens (including phenoxy) is 2. The van der Waals surface area contributed by atoms with Gasteiger partial charge in [0.1, 0.15) is 11.5 Å². The molecule has 1 N–H and O–H groups in total. The third kappa shape index (κ3) is 3.62. The first-order valence-corrected chi connectivity index (χ1v) is 7.28. The number of nitrogens with one attached hydrogen (secondary N) is 1. The summed E-state index contributed by atoms with van der Waals surface area (Å²) in [6.45, 7) is 5.97. The van der Waals surface area contributed by atoms with Gasteiger partial charge in [-0.15, -0.1) is 0 Å². The van der Waals surface area contributed by atoms with Crippen LogP contribution >= 0.6 is 0 Å². The third-order valence-electron chi connectivity index (χ3n) is 3.57. The van der Waals surface area contributed by atoms with Crippen molar-refractivity contribution in [3.8, 4) is 11.5 Å². The number of carbonyl (C=O) groups is 2. The second-order valence-electron chi connectivity index (χ2n) is 6.29. The topological polar surface area (TPSA) is 64.6 Å². The zero-order valence-corrected chi connectivity index (χ0v) is 14.0. The second kappa shape index (κ2) is 6.28. The lowest BCUT2D eigenvalue weighted by atomic mass is 9.81. The van der Waals surface area contributed by atoms with Gasteiger partial charge >= 0.3 is 0 Å². The Labute approximate surface area is 136 Å². The van der Waals surface area contributed by atoms with Crippen molar-refractivity contribution in [2.75, 3.05) is 19.5 Å². The Bertz CT molecular complexity index is 708. The Kier molecular flexibility index (Phi) is 4.59. The molecule has 0 aliphatic heterocycles. The fourth-order valence-corrected chi connectivity index (χ4v) is 2.33. The van der Waals surface area contributed by atoms with Crippen LogP contribution in [-0.2, 0) is 9.59 Å². The first-order valence-electron chi connectivity index (χ1n) is 7.28. The van der Waals surface area contributed by atoms with Crippen LogP contribution in [0.2, 0.25) is 0 Å². The minimum atomic E-state index is -0.534. The summed E-state index contributed by atoms with van der Waals surface area (Å²) in [5, 5.41) is 3.20. The average molecular weight is 315 g/mol. The summed E-state index contributed by atoms with van der Waals surface area (Å²) in [5.41, 5.74) is 1.79. The van der Waals surface area contributed by atoms with Gasteiger partial charge in [-0.25, -0.2) is 0 Å². The summed E-state index contributed by atoms with van der Waals surface area (Å²) in [4.78, 5) is 23.5. The van der Waals surface area contributed by atoms with Gasteiger partial charge in [-0.2, -0.15) is 0 Å². The molecule has 0 unspecified atom stereocenters. The van der Waals surface area contributed by atoms with E-state index in [2.05, 4.69) is 5.32 Å². The summed E-state index contributed by atoms with van der Waals surface area (Å²) in [5.74, 6) is 0.223. The number of hydrogen-bond acceptors (Lipinski definition) is 5. The molecule has 23 heavy (non-hydrogen) atoms. The van der Waals surface area contributed by atoms with Crippen LogP contribution in [0.4, 0.5) is 5.69 Å². The van der Waals surface area contributed by atoms with E-state index >= 15 is 0 Å². The molecule has 0 radical (unpaired) electrons. The van der Waals surface area contributed by atoms with Crippen molar-refractivity contribution in [1.29, 1.82) is 0 Å². The fourth-order valence-electron chi connectivity index (χ4n) is 2.33. The van der Waals surface area contributed by atoms with E-state index in [0.717, 1.165) is 5.57 Å². The van der Waals surface area contributed by atoms with Gasteiger partial charge in [0.05, 0.1) is 19.9 Å². The standard InChI is InChI=1S/C18H21NO4/c1-18(2,3)12-9-15(20)16(21)10-14(12)19-13-7-6-11(22-4)8-17(13)23-5/h6-10,19H,1-5H3. The number of carbonyl (C=O) groups excluding carboxylic acids is 2. The Morgan fingerprint density at radius 3 is 2.17 bits per heavy atom. The maximum Gasteiger partial charge on any atom is 0.227 e. The maximum atomic E-state index is 11.8. The van der Waals surface area contributed by atoms with Gasteiger partial charge in [0, 0.05) is 17.8 Å². The number of rotatable bonds is 4. The van der Waals surface area contributed by atoms with Crippen molar-refractivity contribution in [2.24, 2.45) is 5.41 Å². The van der Waals surface area contributed by atoms with E-state index in [-0.39, 0.29) is 5.41 Å². The zero-order chi connectivity index (χ0) is 17.2. The van der Waals surface area contributed by atoms with E-state index in [1.54, 1.807) is 32.4 Å². The van der Waals surface area contributed by atoms with Crippen molar-refractivity contribution in [2.45, 2.75) is 20.8 Å². The molecule has 1 aliphatic carbocycles. The van der Waals surface area contributed by atoms with Crippen LogP contribution in [0, 0.1) is 5.41 Å². The Hall–Kier alpha value is -2.56. The molecule has 0 amide bonds. The first-order chi connectivity index (χ1) is 10.8. The minimum Gasteiger partial charge on any atom is -0.497 e. The van der Waals surface area contributed by atoms with Gasteiger partial charge in [-0.1, -0.05) is 20.8 Å². The predicted molar refractivity (Wildman–Crippen MR) is 88.8 cm³/mol. The molecule has 5 heteroatoms. The lowest BCUT2D eigenvalue weighted by Crippen LogP contribution is -2.25. The van der Waals surface area contributed by atoms with Gasteiger partial charge in [0.15, 0.2) is 0 Å². The number of anilines is 1. The van der Waals surface area contributed by atoms with E-state index in [1.807, 2.05) is 20.8 Å². The summed E-state index contributed by atoms with van der Waals surface area (Å²) in [7, 11) is 3.14. The minimum absolute atomic E-state index is 0.283. The molecule has 0 spiro atoms. The van der Waals surface area contributed by atoms with E-state index in [1.165, 1.54) is 12.2 Å². The molecule has 122 valence electrons. The van der Waals surface area contributed by atoms with Crippen molar-refractivity contribution < 1.29 is 19.1 Å². The van der Waals surface area contributed by atoms with Crippen LogP contribution in [0.1, 0.15) is 20.8 Å². The van der Waals surface area contributed by atoms with Gasteiger partial charge in [0.2, 0.25) is 11.6 Å². The second-order valence-corrected chi connectivity index (χ2v) is 6.29. The van der Waals surface area contributed by atoms with Gasteiger partial charge in [-0.3, -0.25) is 9.59 Å². The average Bonchev–Trinajstić information content (AvgIpc) is 2.49. The lowest BCUT2D eigenvalue weighted by Gasteiger charge is -2.28. The zero-order valence-electron chi connectivity index (χ0n) is 14.0. The number of benzene rings is 1. The molecule has 0 saturated carbocycles.